The van der Waals surface area contributed by atoms with Crippen LogP contribution in [0.3, 0.4) is 0 Å². The predicted molar refractivity (Wildman–Crippen MR) is 75.6 cm³/mol. The second kappa shape index (κ2) is 5.63. The van der Waals surface area contributed by atoms with E-state index in [4.69, 9.17) is 4.74 Å². The van der Waals surface area contributed by atoms with Gasteiger partial charge >= 0.3 is 5.97 Å². The number of methoxy groups -OCH3 is 1. The molecule has 1 aromatic carbocycles. The van der Waals surface area contributed by atoms with E-state index in [0.717, 1.165) is 0 Å². The Labute approximate surface area is 121 Å². The van der Waals surface area contributed by atoms with Crippen LogP contribution in [0.15, 0.2) is 29.2 Å². The molecule has 0 aliphatic carbocycles. The molecule has 2 N–H and O–H groups in total. The van der Waals surface area contributed by atoms with Crippen molar-refractivity contribution in [2.45, 2.75) is 16.9 Å². The van der Waals surface area contributed by atoms with Gasteiger partial charge in [-0.3, -0.25) is 4.79 Å². The van der Waals surface area contributed by atoms with Crippen LogP contribution in [0.1, 0.15) is 6.42 Å². The summed E-state index contributed by atoms with van der Waals surface area (Å²) in [6.07, 6.45) is 0.274. The third-order valence-electron chi connectivity index (χ3n) is 3.11. The zero-order valence-corrected chi connectivity index (χ0v) is 12.5. The van der Waals surface area contributed by atoms with Gasteiger partial charge in [0.15, 0.2) is 0 Å². The molecule has 1 aliphatic rings. The lowest BCUT2D eigenvalue weighted by Gasteiger charge is -2.24. The van der Waals surface area contributed by atoms with Crippen molar-refractivity contribution in [1.82, 2.24) is 4.72 Å². The first-order valence-corrected chi connectivity index (χ1v) is 8.53. The van der Waals surface area contributed by atoms with Crippen molar-refractivity contribution in [3.8, 4) is 5.75 Å². The number of rotatable bonds is 5. The van der Waals surface area contributed by atoms with Gasteiger partial charge in [0.25, 0.3) is 0 Å². The number of sulfonamides is 1. The largest absolute Gasteiger partial charge is 0.497 e. The van der Waals surface area contributed by atoms with Gasteiger partial charge in [0.1, 0.15) is 11.3 Å². The lowest BCUT2D eigenvalue weighted by atomic mass is 10.0. The molecular weight excluding hydrogens is 302 g/mol. The number of aliphatic carboxylic acids is 1. The van der Waals surface area contributed by atoms with E-state index in [2.05, 4.69) is 4.72 Å². The first kappa shape index (κ1) is 15.1. The molecular formula is C12H15NO5S2. The Morgan fingerprint density at radius 1 is 1.50 bits per heavy atom. The molecule has 0 saturated carbocycles. The molecule has 0 bridgehead atoms. The van der Waals surface area contributed by atoms with E-state index >= 15 is 0 Å². The maximum absolute atomic E-state index is 12.3. The van der Waals surface area contributed by atoms with Crippen molar-refractivity contribution < 1.29 is 23.1 Å². The van der Waals surface area contributed by atoms with E-state index in [0.29, 0.717) is 11.5 Å². The van der Waals surface area contributed by atoms with E-state index < -0.39 is 21.5 Å². The van der Waals surface area contributed by atoms with E-state index in [-0.39, 0.29) is 17.1 Å². The second-order valence-electron chi connectivity index (χ2n) is 4.47. The summed E-state index contributed by atoms with van der Waals surface area (Å²) in [6.45, 7) is 0. The highest BCUT2D eigenvalue weighted by Crippen LogP contribution is 2.30. The summed E-state index contributed by atoms with van der Waals surface area (Å²) in [5.41, 5.74) is -1.42. The number of benzene rings is 1. The van der Waals surface area contributed by atoms with E-state index in [1.54, 1.807) is 12.1 Å². The van der Waals surface area contributed by atoms with Crippen LogP contribution >= 0.6 is 11.8 Å². The molecule has 1 aromatic rings. The van der Waals surface area contributed by atoms with E-state index in [9.17, 15) is 18.3 Å². The van der Waals surface area contributed by atoms with Gasteiger partial charge in [-0.05, 0) is 24.3 Å². The molecule has 1 atom stereocenters. The molecule has 110 valence electrons. The van der Waals surface area contributed by atoms with Crippen molar-refractivity contribution in [3.05, 3.63) is 24.3 Å². The fraction of sp³-hybridized carbons (Fsp3) is 0.417. The van der Waals surface area contributed by atoms with Crippen molar-refractivity contribution >= 4 is 27.8 Å². The molecule has 1 heterocycles. The zero-order chi connectivity index (χ0) is 14.8. The predicted octanol–water partition coefficient (Wildman–Crippen LogP) is 0.934. The maximum atomic E-state index is 12.3. The van der Waals surface area contributed by atoms with Crippen LogP contribution in [0.5, 0.6) is 5.75 Å². The molecule has 8 heteroatoms. The highest BCUT2D eigenvalue weighted by Gasteiger charge is 2.45. The van der Waals surface area contributed by atoms with E-state index in [1.165, 1.54) is 31.0 Å². The van der Waals surface area contributed by atoms with Gasteiger partial charge in [0, 0.05) is 11.8 Å². The fourth-order valence-electron chi connectivity index (χ4n) is 1.94. The van der Waals surface area contributed by atoms with Crippen molar-refractivity contribution in [3.63, 3.8) is 0 Å². The minimum atomic E-state index is -3.90. The number of hydrogen-bond acceptors (Lipinski definition) is 5. The van der Waals surface area contributed by atoms with Crippen molar-refractivity contribution in [2.75, 3.05) is 18.6 Å². The Morgan fingerprint density at radius 2 is 2.25 bits per heavy atom. The number of thioether (sulfide) groups is 1. The summed E-state index contributed by atoms with van der Waals surface area (Å²) in [4.78, 5) is 11.4. The lowest BCUT2D eigenvalue weighted by molar-refractivity contribution is -0.142. The van der Waals surface area contributed by atoms with Gasteiger partial charge in [-0.2, -0.15) is 16.5 Å². The Morgan fingerprint density at radius 3 is 2.80 bits per heavy atom. The average molecular weight is 317 g/mol. The van der Waals surface area contributed by atoms with Crippen LogP contribution in [0.2, 0.25) is 0 Å². The minimum absolute atomic E-state index is 0.00521. The smallest absolute Gasteiger partial charge is 0.325 e. The number of carboxylic acid groups (broad SMARTS) is 1. The Balaban J connectivity index is 2.32. The quantitative estimate of drug-likeness (QED) is 0.839. The van der Waals surface area contributed by atoms with E-state index in [1.807, 2.05) is 0 Å². The number of hydrogen-bond donors (Lipinski definition) is 2. The van der Waals surface area contributed by atoms with Crippen LogP contribution in [0.25, 0.3) is 0 Å². The van der Waals surface area contributed by atoms with Crippen LogP contribution < -0.4 is 9.46 Å². The van der Waals surface area contributed by atoms with Gasteiger partial charge in [-0.25, -0.2) is 8.42 Å². The normalized spacial score (nSPS) is 22.6. The van der Waals surface area contributed by atoms with Crippen LogP contribution in [0.4, 0.5) is 0 Å². The van der Waals surface area contributed by atoms with Gasteiger partial charge < -0.3 is 9.84 Å². The number of nitrogens with one attached hydrogen (secondary N) is 1. The average Bonchev–Trinajstić information content (AvgIpc) is 2.88. The summed E-state index contributed by atoms with van der Waals surface area (Å²) in [5.74, 6) is 0.102. The Kier molecular flexibility index (Phi) is 4.26. The molecule has 1 fully saturated rings. The first-order valence-electron chi connectivity index (χ1n) is 5.89. The molecule has 20 heavy (non-hydrogen) atoms. The highest BCUT2D eigenvalue weighted by molar-refractivity contribution is 7.99. The third kappa shape index (κ3) is 2.92. The maximum Gasteiger partial charge on any atom is 0.325 e. The van der Waals surface area contributed by atoms with Crippen LogP contribution in [-0.4, -0.2) is 43.6 Å². The summed E-state index contributed by atoms with van der Waals surface area (Å²) >= 11 is 1.42. The molecule has 0 radical (unpaired) electrons. The zero-order valence-electron chi connectivity index (χ0n) is 10.8. The van der Waals surface area contributed by atoms with Crippen LogP contribution in [0, 0.1) is 0 Å². The molecule has 1 unspecified atom stereocenters. The van der Waals surface area contributed by atoms with Crippen molar-refractivity contribution in [2.24, 2.45) is 0 Å². The lowest BCUT2D eigenvalue weighted by Crippen LogP contribution is -2.54. The van der Waals surface area contributed by atoms with Gasteiger partial charge in [0.05, 0.1) is 12.0 Å². The number of ether oxygens (including phenoxy) is 1. The molecule has 2 rings (SSSR count). The van der Waals surface area contributed by atoms with Gasteiger partial charge in [-0.1, -0.05) is 6.07 Å². The molecule has 1 aliphatic heterocycles. The standard InChI is InChI=1S/C12H15NO5S2/c1-18-9-3-2-4-10(7-9)20(16,17)13-12(11(14)15)5-6-19-8-12/h2-4,7,13H,5-6,8H2,1H3,(H,14,15). The Hall–Kier alpha value is -1.25. The first-order chi connectivity index (χ1) is 9.39. The molecule has 1 saturated heterocycles. The molecule has 0 aromatic heterocycles. The number of carboxylic acids is 1. The molecule has 6 nitrogen and oxygen atoms in total. The Bertz CT molecular complexity index is 608. The topological polar surface area (TPSA) is 92.7 Å². The van der Waals surface area contributed by atoms with Gasteiger partial charge in [0.2, 0.25) is 10.0 Å². The fourth-order valence-corrected chi connectivity index (χ4v) is 4.78. The number of carbonyl (C=O) groups is 1. The van der Waals surface area contributed by atoms with Crippen molar-refractivity contribution in [1.29, 1.82) is 0 Å². The second-order valence-corrected chi connectivity index (χ2v) is 7.26. The summed E-state index contributed by atoms with van der Waals surface area (Å²) in [6, 6.07) is 5.93. The van der Waals surface area contributed by atoms with Crippen LogP contribution in [-0.2, 0) is 14.8 Å². The summed E-state index contributed by atoms with van der Waals surface area (Å²) < 4.78 is 32.0. The molecule has 0 amide bonds. The monoisotopic (exact) mass is 317 g/mol. The summed E-state index contributed by atoms with van der Waals surface area (Å²) in [5, 5.41) is 9.31. The minimum Gasteiger partial charge on any atom is -0.497 e. The third-order valence-corrected chi connectivity index (χ3v) is 5.84. The molecule has 0 spiro atoms. The highest BCUT2D eigenvalue weighted by atomic mass is 32.2. The van der Waals surface area contributed by atoms with Gasteiger partial charge in [-0.15, -0.1) is 0 Å². The SMILES string of the molecule is COc1cccc(S(=O)(=O)NC2(C(=O)O)CCSC2)c1. The summed E-state index contributed by atoms with van der Waals surface area (Å²) in [7, 11) is -2.47.